The quantitative estimate of drug-likeness (QED) is 0.857. The maximum atomic E-state index is 12.7. The molecule has 0 aliphatic carbocycles. The summed E-state index contributed by atoms with van der Waals surface area (Å²) in [6.07, 6.45) is 4.35. The van der Waals surface area contributed by atoms with Crippen molar-refractivity contribution in [2.24, 2.45) is 5.41 Å². The van der Waals surface area contributed by atoms with Gasteiger partial charge in [0.15, 0.2) is 0 Å². The van der Waals surface area contributed by atoms with E-state index >= 15 is 0 Å². The zero-order valence-electron chi connectivity index (χ0n) is 13.9. The summed E-state index contributed by atoms with van der Waals surface area (Å²) in [4.78, 5) is 27.1. The third-order valence-electron chi connectivity index (χ3n) is 4.39. The second kappa shape index (κ2) is 7.82. The number of hydrogen-bond acceptors (Lipinski definition) is 2. The lowest BCUT2D eigenvalue weighted by Crippen LogP contribution is -2.49. The third-order valence-corrected chi connectivity index (χ3v) is 4.76. The Morgan fingerprint density at radius 3 is 2.35 bits per heavy atom. The van der Waals surface area contributed by atoms with Crippen LogP contribution in [0.15, 0.2) is 24.3 Å². The summed E-state index contributed by atoms with van der Waals surface area (Å²) < 4.78 is 0. The van der Waals surface area contributed by atoms with Crippen LogP contribution in [0.4, 0.5) is 0 Å². The van der Waals surface area contributed by atoms with Crippen LogP contribution < -0.4 is 5.32 Å². The number of hydrogen-bond donors (Lipinski definition) is 1. The van der Waals surface area contributed by atoms with Crippen molar-refractivity contribution >= 4 is 23.4 Å². The molecule has 0 unspecified atom stereocenters. The molecule has 2 amide bonds. The summed E-state index contributed by atoms with van der Waals surface area (Å²) in [6, 6.07) is 7.38. The summed E-state index contributed by atoms with van der Waals surface area (Å²) in [5, 5.41) is 3.46. The van der Waals surface area contributed by atoms with Crippen molar-refractivity contribution in [3.8, 4) is 0 Å². The van der Waals surface area contributed by atoms with Gasteiger partial charge in [0.2, 0.25) is 11.8 Å². The molecular weight excluding hydrogens is 312 g/mol. The van der Waals surface area contributed by atoms with Crippen LogP contribution in [0.25, 0.3) is 0 Å². The first-order valence-electron chi connectivity index (χ1n) is 8.24. The van der Waals surface area contributed by atoms with Gasteiger partial charge < -0.3 is 10.2 Å². The lowest BCUT2D eigenvalue weighted by molar-refractivity contribution is -0.148. The van der Waals surface area contributed by atoms with E-state index in [9.17, 15) is 9.59 Å². The molecule has 1 saturated heterocycles. The van der Waals surface area contributed by atoms with Gasteiger partial charge in [-0.25, -0.2) is 0 Å². The molecule has 5 heteroatoms. The summed E-state index contributed by atoms with van der Waals surface area (Å²) >= 11 is 6.10. The number of benzene rings is 1. The van der Waals surface area contributed by atoms with Crippen LogP contribution in [0.1, 0.15) is 45.1 Å². The van der Waals surface area contributed by atoms with E-state index in [0.29, 0.717) is 11.6 Å². The Labute approximate surface area is 143 Å². The molecule has 23 heavy (non-hydrogen) atoms. The Morgan fingerprint density at radius 1 is 1.13 bits per heavy atom. The molecular formula is C18H25ClN2O2. The average Bonchev–Trinajstić information content (AvgIpc) is 2.82. The zero-order chi connectivity index (χ0) is 16.9. The number of carbonyl (C=O) groups excluding carboxylic acids is 2. The highest BCUT2D eigenvalue weighted by atomic mass is 35.5. The maximum Gasteiger partial charge on any atom is 0.237 e. The summed E-state index contributed by atoms with van der Waals surface area (Å²) in [5.74, 6) is -0.345. The third kappa shape index (κ3) is 4.47. The minimum atomic E-state index is -1.06. The molecule has 1 aromatic rings. The van der Waals surface area contributed by atoms with Crippen molar-refractivity contribution < 1.29 is 9.59 Å². The van der Waals surface area contributed by atoms with Gasteiger partial charge in [0.25, 0.3) is 0 Å². The van der Waals surface area contributed by atoms with Gasteiger partial charge in [-0.1, -0.05) is 42.6 Å². The monoisotopic (exact) mass is 336 g/mol. The molecule has 1 heterocycles. The molecule has 1 N–H and O–H groups in total. The standard InChI is InChI=1S/C18H25ClN2O2/c1-18(2,17(23)21-11-7-3-4-8-12-21)16(22)20-13-14-9-5-6-10-15(14)19/h5-6,9-10H,3-4,7-8,11-13H2,1-2H3,(H,20,22). The molecule has 0 radical (unpaired) electrons. The molecule has 0 spiro atoms. The summed E-state index contributed by atoms with van der Waals surface area (Å²) in [5.41, 5.74) is -0.216. The van der Waals surface area contributed by atoms with E-state index in [0.717, 1.165) is 44.3 Å². The lowest BCUT2D eigenvalue weighted by atomic mass is 9.90. The van der Waals surface area contributed by atoms with Crippen molar-refractivity contribution in [2.45, 2.75) is 46.1 Å². The molecule has 1 aromatic carbocycles. The molecule has 0 aromatic heterocycles. The lowest BCUT2D eigenvalue weighted by Gasteiger charge is -2.30. The highest BCUT2D eigenvalue weighted by molar-refractivity contribution is 6.31. The largest absolute Gasteiger partial charge is 0.351 e. The first kappa shape index (κ1) is 17.8. The van der Waals surface area contributed by atoms with Gasteiger partial charge in [-0.2, -0.15) is 0 Å². The SMILES string of the molecule is CC(C)(C(=O)NCc1ccccc1Cl)C(=O)N1CCCCCC1. The number of nitrogens with zero attached hydrogens (tertiary/aromatic N) is 1. The molecule has 0 atom stereocenters. The topological polar surface area (TPSA) is 49.4 Å². The van der Waals surface area contributed by atoms with Gasteiger partial charge in [-0.3, -0.25) is 9.59 Å². The molecule has 1 fully saturated rings. The Balaban J connectivity index is 1.98. The maximum absolute atomic E-state index is 12.7. The summed E-state index contributed by atoms with van der Waals surface area (Å²) in [7, 11) is 0. The number of carbonyl (C=O) groups is 2. The van der Waals surface area contributed by atoms with E-state index in [4.69, 9.17) is 11.6 Å². The fourth-order valence-electron chi connectivity index (χ4n) is 2.80. The molecule has 2 rings (SSSR count). The van der Waals surface area contributed by atoms with Crippen molar-refractivity contribution in [3.05, 3.63) is 34.9 Å². The predicted molar refractivity (Wildman–Crippen MR) is 92.1 cm³/mol. The van der Waals surface area contributed by atoms with Crippen LogP contribution in [-0.2, 0) is 16.1 Å². The normalized spacial score (nSPS) is 15.9. The van der Waals surface area contributed by atoms with Crippen molar-refractivity contribution in [1.29, 1.82) is 0 Å². The fraction of sp³-hybridized carbons (Fsp3) is 0.556. The van der Waals surface area contributed by atoms with Gasteiger partial charge in [-0.15, -0.1) is 0 Å². The van der Waals surface area contributed by atoms with Gasteiger partial charge in [-0.05, 0) is 38.3 Å². The number of nitrogens with one attached hydrogen (secondary N) is 1. The molecule has 1 aliphatic rings. The highest BCUT2D eigenvalue weighted by Crippen LogP contribution is 2.23. The van der Waals surface area contributed by atoms with Gasteiger partial charge in [0, 0.05) is 24.7 Å². The van der Waals surface area contributed by atoms with E-state index in [1.54, 1.807) is 19.9 Å². The molecule has 0 saturated carbocycles. The van der Waals surface area contributed by atoms with Crippen LogP contribution in [-0.4, -0.2) is 29.8 Å². The Kier molecular flexibility index (Phi) is 6.05. The van der Waals surface area contributed by atoms with Gasteiger partial charge in [0.05, 0.1) is 0 Å². The number of rotatable bonds is 4. The van der Waals surface area contributed by atoms with Crippen molar-refractivity contribution in [1.82, 2.24) is 10.2 Å². The molecule has 0 bridgehead atoms. The van der Waals surface area contributed by atoms with Crippen LogP contribution in [0.5, 0.6) is 0 Å². The van der Waals surface area contributed by atoms with Gasteiger partial charge >= 0.3 is 0 Å². The summed E-state index contributed by atoms with van der Waals surface area (Å²) in [6.45, 7) is 5.22. The minimum Gasteiger partial charge on any atom is -0.351 e. The number of likely N-dealkylation sites (tertiary alicyclic amines) is 1. The second-order valence-electron chi connectivity index (χ2n) is 6.61. The molecule has 4 nitrogen and oxygen atoms in total. The van der Waals surface area contributed by atoms with Crippen LogP contribution >= 0.6 is 11.6 Å². The van der Waals surface area contributed by atoms with Crippen LogP contribution in [0.3, 0.4) is 0 Å². The highest BCUT2D eigenvalue weighted by Gasteiger charge is 2.39. The van der Waals surface area contributed by atoms with Gasteiger partial charge in [0.1, 0.15) is 5.41 Å². The van der Waals surface area contributed by atoms with E-state index in [-0.39, 0.29) is 11.8 Å². The van der Waals surface area contributed by atoms with Crippen LogP contribution in [0.2, 0.25) is 5.02 Å². The Bertz CT molecular complexity index is 564. The predicted octanol–water partition coefficient (Wildman–Crippen LogP) is 3.39. The van der Waals surface area contributed by atoms with E-state index < -0.39 is 5.41 Å². The number of amides is 2. The fourth-order valence-corrected chi connectivity index (χ4v) is 3.01. The Morgan fingerprint density at radius 2 is 1.74 bits per heavy atom. The van der Waals surface area contributed by atoms with Crippen molar-refractivity contribution in [2.75, 3.05) is 13.1 Å². The molecule has 126 valence electrons. The van der Waals surface area contributed by atoms with E-state index in [1.165, 1.54) is 0 Å². The minimum absolute atomic E-state index is 0.0870. The van der Waals surface area contributed by atoms with E-state index in [1.807, 2.05) is 23.1 Å². The molecule has 1 aliphatic heterocycles. The average molecular weight is 337 g/mol. The van der Waals surface area contributed by atoms with Crippen LogP contribution in [0, 0.1) is 5.41 Å². The second-order valence-corrected chi connectivity index (χ2v) is 7.01. The van der Waals surface area contributed by atoms with E-state index in [2.05, 4.69) is 5.32 Å². The number of halogens is 1. The first-order chi connectivity index (χ1) is 10.9. The Hall–Kier alpha value is -1.55. The zero-order valence-corrected chi connectivity index (χ0v) is 14.7. The van der Waals surface area contributed by atoms with Crippen molar-refractivity contribution in [3.63, 3.8) is 0 Å². The first-order valence-corrected chi connectivity index (χ1v) is 8.62. The smallest absolute Gasteiger partial charge is 0.237 e.